The van der Waals surface area contributed by atoms with E-state index in [1.54, 1.807) is 0 Å². The molecule has 0 aromatic rings. The van der Waals surface area contributed by atoms with E-state index in [9.17, 15) is 9.59 Å². The molecule has 0 heterocycles. The van der Waals surface area contributed by atoms with Crippen molar-refractivity contribution >= 4 is 11.9 Å². The third kappa shape index (κ3) is 4.72. The number of carboxylic acid groups (broad SMARTS) is 1. The molecule has 2 fully saturated rings. The van der Waals surface area contributed by atoms with Gasteiger partial charge in [-0.1, -0.05) is 32.6 Å². The average molecular weight is 295 g/mol. The van der Waals surface area contributed by atoms with Gasteiger partial charge in [0.25, 0.3) is 0 Å². The van der Waals surface area contributed by atoms with Gasteiger partial charge < -0.3 is 10.4 Å². The van der Waals surface area contributed by atoms with Gasteiger partial charge in [0.1, 0.15) is 0 Å². The minimum atomic E-state index is -0.769. The molecule has 0 saturated heterocycles. The van der Waals surface area contributed by atoms with Crippen LogP contribution < -0.4 is 5.32 Å². The van der Waals surface area contributed by atoms with Crippen LogP contribution in [0.2, 0.25) is 0 Å². The molecule has 120 valence electrons. The Labute approximate surface area is 127 Å². The molecule has 0 aliphatic heterocycles. The quantitative estimate of drug-likeness (QED) is 0.720. The topological polar surface area (TPSA) is 66.4 Å². The van der Waals surface area contributed by atoms with E-state index in [4.69, 9.17) is 5.11 Å². The van der Waals surface area contributed by atoms with Gasteiger partial charge in [-0.15, -0.1) is 0 Å². The van der Waals surface area contributed by atoms with Crippen molar-refractivity contribution in [3.05, 3.63) is 0 Å². The maximum Gasteiger partial charge on any atom is 0.303 e. The number of carbonyl (C=O) groups is 2. The van der Waals surface area contributed by atoms with Crippen molar-refractivity contribution in [2.45, 2.75) is 77.6 Å². The highest BCUT2D eigenvalue weighted by molar-refractivity contribution is 5.78. The third-order valence-electron chi connectivity index (χ3n) is 5.37. The predicted molar refractivity (Wildman–Crippen MR) is 82.0 cm³/mol. The van der Waals surface area contributed by atoms with Crippen molar-refractivity contribution in [1.82, 2.24) is 5.32 Å². The zero-order chi connectivity index (χ0) is 15.3. The standard InChI is InChI=1S/C17H29NO3/c1-2-6-16(9-10-16)13-18-14(19)11-17(12-15(20)21)7-4-3-5-8-17/h2-13H2,1H3,(H,18,19)(H,20,21). The van der Waals surface area contributed by atoms with Gasteiger partial charge in [-0.25, -0.2) is 0 Å². The van der Waals surface area contributed by atoms with Crippen LogP contribution in [0, 0.1) is 10.8 Å². The molecule has 21 heavy (non-hydrogen) atoms. The first-order valence-corrected chi connectivity index (χ1v) is 8.48. The number of hydrogen-bond acceptors (Lipinski definition) is 2. The second-order valence-corrected chi connectivity index (χ2v) is 7.33. The minimum absolute atomic E-state index is 0.0560. The van der Waals surface area contributed by atoms with Crippen molar-refractivity contribution in [2.24, 2.45) is 10.8 Å². The van der Waals surface area contributed by atoms with E-state index in [1.807, 2.05) is 0 Å². The summed E-state index contributed by atoms with van der Waals surface area (Å²) in [7, 11) is 0. The van der Waals surface area contributed by atoms with E-state index in [0.717, 1.165) is 32.2 Å². The molecular weight excluding hydrogens is 266 g/mol. The van der Waals surface area contributed by atoms with E-state index >= 15 is 0 Å². The van der Waals surface area contributed by atoms with Gasteiger partial charge in [-0.05, 0) is 42.9 Å². The molecule has 2 aliphatic rings. The number of amides is 1. The molecule has 0 spiro atoms. The Morgan fingerprint density at radius 2 is 1.67 bits per heavy atom. The lowest BCUT2D eigenvalue weighted by atomic mass is 9.69. The Morgan fingerprint density at radius 1 is 1.00 bits per heavy atom. The monoisotopic (exact) mass is 295 g/mol. The first kappa shape index (κ1) is 16.3. The van der Waals surface area contributed by atoms with Crippen LogP contribution >= 0.6 is 0 Å². The second-order valence-electron chi connectivity index (χ2n) is 7.33. The molecule has 4 nitrogen and oxygen atoms in total. The lowest BCUT2D eigenvalue weighted by molar-refractivity contribution is -0.141. The van der Waals surface area contributed by atoms with Gasteiger partial charge >= 0.3 is 5.97 Å². The number of hydrogen-bond donors (Lipinski definition) is 2. The van der Waals surface area contributed by atoms with E-state index in [0.29, 0.717) is 11.8 Å². The van der Waals surface area contributed by atoms with Crippen LogP contribution in [0.25, 0.3) is 0 Å². The van der Waals surface area contributed by atoms with Crippen LogP contribution in [0.5, 0.6) is 0 Å². The Kier molecular flexibility index (Phi) is 5.28. The Hall–Kier alpha value is -1.06. The van der Waals surface area contributed by atoms with E-state index in [1.165, 1.54) is 32.1 Å². The molecule has 1 amide bonds. The summed E-state index contributed by atoms with van der Waals surface area (Å²) in [6.07, 6.45) is 10.4. The van der Waals surface area contributed by atoms with Crippen molar-refractivity contribution in [3.8, 4) is 0 Å². The van der Waals surface area contributed by atoms with E-state index in [-0.39, 0.29) is 17.7 Å². The molecule has 0 atom stereocenters. The van der Waals surface area contributed by atoms with Crippen molar-refractivity contribution in [3.63, 3.8) is 0 Å². The Bertz CT molecular complexity index is 381. The van der Waals surface area contributed by atoms with Gasteiger partial charge in [0.2, 0.25) is 5.91 Å². The molecule has 4 heteroatoms. The SMILES string of the molecule is CCCC1(CNC(=O)CC2(CC(=O)O)CCCCC2)CC1. The van der Waals surface area contributed by atoms with Crippen molar-refractivity contribution in [1.29, 1.82) is 0 Å². The van der Waals surface area contributed by atoms with Crippen LogP contribution in [-0.4, -0.2) is 23.5 Å². The second kappa shape index (κ2) is 6.80. The summed E-state index contributed by atoms with van der Waals surface area (Å²) in [5.41, 5.74) is 0.0621. The van der Waals surface area contributed by atoms with Crippen LogP contribution in [-0.2, 0) is 9.59 Å². The normalized spacial score (nSPS) is 22.5. The summed E-state index contributed by atoms with van der Waals surface area (Å²) < 4.78 is 0. The number of aliphatic carboxylic acids is 1. The smallest absolute Gasteiger partial charge is 0.303 e. The first-order valence-electron chi connectivity index (χ1n) is 8.48. The number of carbonyl (C=O) groups excluding carboxylic acids is 1. The number of carboxylic acids is 1. The fourth-order valence-electron chi connectivity index (χ4n) is 3.95. The van der Waals surface area contributed by atoms with Gasteiger partial charge in [-0.2, -0.15) is 0 Å². The summed E-state index contributed by atoms with van der Waals surface area (Å²) in [5, 5.41) is 12.2. The number of nitrogens with one attached hydrogen (secondary N) is 1. The summed E-state index contributed by atoms with van der Waals surface area (Å²) >= 11 is 0. The molecule has 2 rings (SSSR count). The van der Waals surface area contributed by atoms with E-state index < -0.39 is 5.97 Å². The summed E-state index contributed by atoms with van der Waals surface area (Å²) in [6.45, 7) is 2.97. The minimum Gasteiger partial charge on any atom is -0.481 e. The molecule has 0 aromatic carbocycles. The van der Waals surface area contributed by atoms with Crippen LogP contribution in [0.4, 0.5) is 0 Å². The molecule has 0 aromatic heterocycles. The third-order valence-corrected chi connectivity index (χ3v) is 5.37. The highest BCUT2D eigenvalue weighted by atomic mass is 16.4. The molecule has 0 unspecified atom stereocenters. The van der Waals surface area contributed by atoms with Crippen molar-refractivity contribution < 1.29 is 14.7 Å². The van der Waals surface area contributed by atoms with Gasteiger partial charge in [0, 0.05) is 13.0 Å². The molecule has 0 radical (unpaired) electrons. The fraction of sp³-hybridized carbons (Fsp3) is 0.882. The van der Waals surface area contributed by atoms with Gasteiger partial charge in [0.15, 0.2) is 0 Å². The molecular formula is C17H29NO3. The predicted octanol–water partition coefficient (Wildman–Crippen LogP) is 3.50. The summed E-state index contributed by atoms with van der Waals surface area (Å²) in [4.78, 5) is 23.4. The zero-order valence-corrected chi connectivity index (χ0v) is 13.2. The molecule has 2 saturated carbocycles. The Morgan fingerprint density at radius 3 is 2.19 bits per heavy atom. The lowest BCUT2D eigenvalue weighted by Crippen LogP contribution is -2.37. The summed E-state index contributed by atoms with van der Waals surface area (Å²) in [5.74, 6) is -0.713. The fourth-order valence-corrected chi connectivity index (χ4v) is 3.95. The maximum atomic E-state index is 12.3. The molecule has 2 aliphatic carbocycles. The van der Waals surface area contributed by atoms with Crippen LogP contribution in [0.3, 0.4) is 0 Å². The summed E-state index contributed by atoms with van der Waals surface area (Å²) in [6, 6.07) is 0. The van der Waals surface area contributed by atoms with Crippen LogP contribution in [0.1, 0.15) is 77.6 Å². The maximum absolute atomic E-state index is 12.3. The Balaban J connectivity index is 1.84. The molecule has 0 bridgehead atoms. The van der Waals surface area contributed by atoms with Crippen molar-refractivity contribution in [2.75, 3.05) is 6.54 Å². The lowest BCUT2D eigenvalue weighted by Gasteiger charge is -2.35. The van der Waals surface area contributed by atoms with Crippen LogP contribution in [0.15, 0.2) is 0 Å². The van der Waals surface area contributed by atoms with E-state index in [2.05, 4.69) is 12.2 Å². The number of rotatable bonds is 8. The first-order chi connectivity index (χ1) is 9.99. The highest BCUT2D eigenvalue weighted by Gasteiger charge is 2.42. The van der Waals surface area contributed by atoms with Gasteiger partial charge in [0.05, 0.1) is 6.42 Å². The average Bonchev–Trinajstić information content (AvgIpc) is 3.17. The largest absolute Gasteiger partial charge is 0.481 e. The zero-order valence-electron chi connectivity index (χ0n) is 13.2. The highest BCUT2D eigenvalue weighted by Crippen LogP contribution is 2.49. The molecule has 2 N–H and O–H groups in total. The van der Waals surface area contributed by atoms with Gasteiger partial charge in [-0.3, -0.25) is 9.59 Å².